The molecule has 1 aromatic carbocycles. The third-order valence-corrected chi connectivity index (χ3v) is 3.59. The van der Waals surface area contributed by atoms with Crippen molar-refractivity contribution in [2.75, 3.05) is 13.1 Å². The maximum Gasteiger partial charge on any atom is 0.253 e. The Kier molecular flexibility index (Phi) is 3.51. The maximum atomic E-state index is 12.1. The van der Waals surface area contributed by atoms with E-state index in [0.29, 0.717) is 5.41 Å². The van der Waals surface area contributed by atoms with E-state index in [1.807, 2.05) is 35.2 Å². The number of benzene rings is 1. The molecule has 0 aliphatic carbocycles. The van der Waals surface area contributed by atoms with Gasteiger partial charge in [-0.2, -0.15) is 0 Å². The van der Waals surface area contributed by atoms with E-state index in [0.717, 1.165) is 18.7 Å². The minimum atomic E-state index is 0.180. The van der Waals surface area contributed by atoms with Crippen molar-refractivity contribution in [1.82, 2.24) is 4.90 Å². The summed E-state index contributed by atoms with van der Waals surface area (Å²) >= 11 is 0. The van der Waals surface area contributed by atoms with Gasteiger partial charge in [-0.1, -0.05) is 44.9 Å². The fourth-order valence-corrected chi connectivity index (χ4v) is 2.54. The van der Waals surface area contributed by atoms with Gasteiger partial charge in [-0.3, -0.25) is 4.79 Å². The van der Waals surface area contributed by atoms with Gasteiger partial charge in [0.2, 0.25) is 0 Å². The molecule has 2 nitrogen and oxygen atoms in total. The molecule has 1 amide bonds. The van der Waals surface area contributed by atoms with Gasteiger partial charge >= 0.3 is 0 Å². The van der Waals surface area contributed by atoms with Gasteiger partial charge in [0.15, 0.2) is 0 Å². The van der Waals surface area contributed by atoms with Gasteiger partial charge in [0.25, 0.3) is 5.91 Å². The van der Waals surface area contributed by atoms with Crippen LogP contribution in [0.3, 0.4) is 0 Å². The normalized spacial score (nSPS) is 17.6. The lowest BCUT2D eigenvalue weighted by molar-refractivity contribution is 0.00999. The number of rotatable bonds is 4. The molecule has 2 rings (SSSR count). The fraction of sp³-hybridized carbons (Fsp3) is 0.533. The third-order valence-electron chi connectivity index (χ3n) is 3.59. The van der Waals surface area contributed by atoms with Crippen LogP contribution in [0, 0.1) is 5.41 Å². The van der Waals surface area contributed by atoms with Crippen LogP contribution in [0.4, 0.5) is 0 Å². The largest absolute Gasteiger partial charge is 0.337 e. The van der Waals surface area contributed by atoms with Crippen molar-refractivity contribution in [2.45, 2.75) is 33.1 Å². The molecule has 17 heavy (non-hydrogen) atoms. The number of carbonyl (C=O) groups excluding carboxylic acids is 1. The molecule has 1 aliphatic rings. The van der Waals surface area contributed by atoms with Crippen LogP contribution in [0.1, 0.15) is 43.5 Å². The molecule has 1 saturated heterocycles. The van der Waals surface area contributed by atoms with Crippen LogP contribution >= 0.6 is 0 Å². The molecule has 1 heterocycles. The summed E-state index contributed by atoms with van der Waals surface area (Å²) in [6, 6.07) is 9.57. The summed E-state index contributed by atoms with van der Waals surface area (Å²) in [6.07, 6.45) is 3.74. The molecule has 2 heteroatoms. The van der Waals surface area contributed by atoms with Gasteiger partial charge in [-0.25, -0.2) is 0 Å². The zero-order chi connectivity index (χ0) is 12.3. The molecule has 1 aliphatic heterocycles. The second kappa shape index (κ2) is 4.91. The van der Waals surface area contributed by atoms with Crippen LogP contribution in [0.5, 0.6) is 0 Å². The van der Waals surface area contributed by atoms with Crippen molar-refractivity contribution in [3.8, 4) is 0 Å². The Bertz CT molecular complexity index is 379. The van der Waals surface area contributed by atoms with E-state index < -0.39 is 0 Å². The van der Waals surface area contributed by atoms with E-state index in [4.69, 9.17) is 0 Å². The summed E-state index contributed by atoms with van der Waals surface area (Å²) in [6.45, 7) is 6.34. The molecule has 0 aromatic heterocycles. The quantitative estimate of drug-likeness (QED) is 0.778. The number of hydrogen-bond donors (Lipinski definition) is 0. The SMILES string of the molecule is CCCCC1(C)CN(C(=O)c2ccccc2)C1. The predicted octanol–water partition coefficient (Wildman–Crippen LogP) is 3.34. The zero-order valence-electron chi connectivity index (χ0n) is 10.8. The van der Waals surface area contributed by atoms with Gasteiger partial charge in [0.05, 0.1) is 0 Å². The topological polar surface area (TPSA) is 20.3 Å². The molecule has 1 fully saturated rings. The van der Waals surface area contributed by atoms with Crippen LogP contribution in [-0.4, -0.2) is 23.9 Å². The fourth-order valence-electron chi connectivity index (χ4n) is 2.54. The first-order valence-electron chi connectivity index (χ1n) is 6.49. The van der Waals surface area contributed by atoms with Crippen molar-refractivity contribution < 1.29 is 4.79 Å². The Morgan fingerprint density at radius 2 is 1.94 bits per heavy atom. The molecule has 0 saturated carbocycles. The molecule has 0 N–H and O–H groups in total. The molecule has 0 atom stereocenters. The Morgan fingerprint density at radius 3 is 2.53 bits per heavy atom. The van der Waals surface area contributed by atoms with E-state index in [9.17, 15) is 4.79 Å². The number of amides is 1. The third kappa shape index (κ3) is 2.68. The van der Waals surface area contributed by atoms with Gasteiger partial charge in [0.1, 0.15) is 0 Å². The van der Waals surface area contributed by atoms with Crippen LogP contribution in [0.25, 0.3) is 0 Å². The smallest absolute Gasteiger partial charge is 0.253 e. The Morgan fingerprint density at radius 1 is 1.29 bits per heavy atom. The summed E-state index contributed by atoms with van der Waals surface area (Å²) in [4.78, 5) is 14.1. The predicted molar refractivity (Wildman–Crippen MR) is 70.0 cm³/mol. The molecular weight excluding hydrogens is 210 g/mol. The highest BCUT2D eigenvalue weighted by Gasteiger charge is 2.40. The van der Waals surface area contributed by atoms with E-state index >= 15 is 0 Å². The van der Waals surface area contributed by atoms with Gasteiger partial charge in [0, 0.05) is 24.1 Å². The first kappa shape index (κ1) is 12.2. The molecular formula is C15H21NO. The maximum absolute atomic E-state index is 12.1. The molecule has 92 valence electrons. The van der Waals surface area contributed by atoms with Crippen LogP contribution in [0.15, 0.2) is 30.3 Å². The van der Waals surface area contributed by atoms with Gasteiger partial charge < -0.3 is 4.90 Å². The standard InChI is InChI=1S/C15H21NO/c1-3-4-10-15(2)11-16(12-15)14(17)13-8-6-5-7-9-13/h5-9H,3-4,10-12H2,1-2H3. The average molecular weight is 231 g/mol. The highest BCUT2D eigenvalue weighted by molar-refractivity contribution is 5.94. The Balaban J connectivity index is 1.89. The molecule has 0 spiro atoms. The van der Waals surface area contributed by atoms with E-state index in [-0.39, 0.29) is 5.91 Å². The number of likely N-dealkylation sites (tertiary alicyclic amines) is 1. The number of nitrogens with zero attached hydrogens (tertiary/aromatic N) is 1. The summed E-state index contributed by atoms with van der Waals surface area (Å²) in [7, 11) is 0. The highest BCUT2D eigenvalue weighted by atomic mass is 16.2. The average Bonchev–Trinajstić information content (AvgIpc) is 2.33. The second-order valence-electron chi connectivity index (χ2n) is 5.44. The first-order chi connectivity index (χ1) is 8.14. The molecule has 0 radical (unpaired) electrons. The summed E-state index contributed by atoms with van der Waals surface area (Å²) in [5.74, 6) is 0.180. The minimum absolute atomic E-state index is 0.180. The lowest BCUT2D eigenvalue weighted by Crippen LogP contribution is -2.56. The van der Waals surface area contributed by atoms with Crippen molar-refractivity contribution in [2.24, 2.45) is 5.41 Å². The minimum Gasteiger partial charge on any atom is -0.337 e. The summed E-state index contributed by atoms with van der Waals surface area (Å²) < 4.78 is 0. The lowest BCUT2D eigenvalue weighted by Gasteiger charge is -2.48. The summed E-state index contributed by atoms with van der Waals surface area (Å²) in [5.41, 5.74) is 1.17. The molecule has 0 bridgehead atoms. The monoisotopic (exact) mass is 231 g/mol. The van der Waals surface area contributed by atoms with Crippen molar-refractivity contribution in [1.29, 1.82) is 0 Å². The van der Waals surface area contributed by atoms with E-state index in [1.165, 1.54) is 19.3 Å². The molecule has 0 unspecified atom stereocenters. The van der Waals surface area contributed by atoms with E-state index in [2.05, 4.69) is 13.8 Å². The van der Waals surface area contributed by atoms with Crippen LogP contribution < -0.4 is 0 Å². The van der Waals surface area contributed by atoms with Gasteiger partial charge in [-0.15, -0.1) is 0 Å². The Hall–Kier alpha value is -1.31. The van der Waals surface area contributed by atoms with Crippen molar-refractivity contribution in [3.63, 3.8) is 0 Å². The van der Waals surface area contributed by atoms with Crippen molar-refractivity contribution in [3.05, 3.63) is 35.9 Å². The summed E-state index contributed by atoms with van der Waals surface area (Å²) in [5, 5.41) is 0. The first-order valence-corrected chi connectivity index (χ1v) is 6.49. The second-order valence-corrected chi connectivity index (χ2v) is 5.44. The van der Waals surface area contributed by atoms with Crippen LogP contribution in [-0.2, 0) is 0 Å². The number of unbranched alkanes of at least 4 members (excludes halogenated alkanes) is 1. The van der Waals surface area contributed by atoms with E-state index in [1.54, 1.807) is 0 Å². The van der Waals surface area contributed by atoms with Crippen LogP contribution in [0.2, 0.25) is 0 Å². The lowest BCUT2D eigenvalue weighted by atomic mass is 9.77. The van der Waals surface area contributed by atoms with Gasteiger partial charge in [-0.05, 0) is 18.6 Å². The number of hydrogen-bond acceptors (Lipinski definition) is 1. The highest BCUT2D eigenvalue weighted by Crippen LogP contribution is 2.35. The Labute approximate surface area is 104 Å². The number of carbonyl (C=O) groups is 1. The zero-order valence-corrected chi connectivity index (χ0v) is 10.8. The molecule has 1 aromatic rings. The van der Waals surface area contributed by atoms with Crippen molar-refractivity contribution >= 4 is 5.91 Å².